The van der Waals surface area contributed by atoms with Crippen LogP contribution in [-0.4, -0.2) is 39.9 Å². The van der Waals surface area contributed by atoms with E-state index >= 15 is 0 Å². The van der Waals surface area contributed by atoms with Gasteiger partial charge in [-0.15, -0.1) is 13.2 Å². The van der Waals surface area contributed by atoms with Crippen LogP contribution in [0.5, 0.6) is 5.75 Å². The molecule has 1 aliphatic heterocycles. The SMILES string of the molecule is N#Cc1ccc2c3c(n(C(=O)NCc4ccnc(F)c4)c2c1)CCN(C/C=C/c1cc(F)cc(OC(F)(F)F)c1)C3. The van der Waals surface area contributed by atoms with Gasteiger partial charge in [0.1, 0.15) is 11.6 Å². The largest absolute Gasteiger partial charge is 0.573 e. The highest BCUT2D eigenvalue weighted by atomic mass is 19.4. The number of rotatable bonds is 6. The quantitative estimate of drug-likeness (QED) is 0.231. The van der Waals surface area contributed by atoms with Gasteiger partial charge in [0.15, 0.2) is 0 Å². The smallest absolute Gasteiger partial charge is 0.406 e. The first-order chi connectivity index (χ1) is 19.6. The van der Waals surface area contributed by atoms with Gasteiger partial charge in [0.25, 0.3) is 0 Å². The van der Waals surface area contributed by atoms with Crippen LogP contribution in [0.1, 0.15) is 27.9 Å². The molecule has 0 radical (unpaired) electrons. The average Bonchev–Trinajstić information content (AvgIpc) is 3.23. The number of carbonyl (C=O) groups excluding carboxylic acids is 1. The Kier molecular flexibility index (Phi) is 7.72. The Labute approximate surface area is 231 Å². The van der Waals surface area contributed by atoms with Gasteiger partial charge in [-0.2, -0.15) is 9.65 Å². The summed E-state index contributed by atoms with van der Waals surface area (Å²) < 4.78 is 70.3. The maximum absolute atomic E-state index is 13.8. The van der Waals surface area contributed by atoms with Crippen molar-refractivity contribution in [2.24, 2.45) is 0 Å². The van der Waals surface area contributed by atoms with Gasteiger partial charge < -0.3 is 10.1 Å². The molecule has 41 heavy (non-hydrogen) atoms. The number of halogens is 5. The molecular formula is C29H22F5N5O2. The van der Waals surface area contributed by atoms with E-state index in [1.54, 1.807) is 34.9 Å². The molecule has 0 bridgehead atoms. The van der Waals surface area contributed by atoms with E-state index in [4.69, 9.17) is 0 Å². The number of pyridine rings is 1. The Morgan fingerprint density at radius 3 is 2.73 bits per heavy atom. The second-order valence-corrected chi connectivity index (χ2v) is 9.41. The number of aromatic nitrogens is 2. The number of fused-ring (bicyclic) bond motifs is 3. The molecule has 3 heterocycles. The van der Waals surface area contributed by atoms with Crippen LogP contribution in [0.2, 0.25) is 0 Å². The average molecular weight is 568 g/mol. The molecule has 210 valence electrons. The van der Waals surface area contributed by atoms with E-state index in [2.05, 4.69) is 26.0 Å². The number of ether oxygens (including phenoxy) is 1. The minimum atomic E-state index is -4.93. The first-order valence-electron chi connectivity index (χ1n) is 12.5. The van der Waals surface area contributed by atoms with E-state index in [9.17, 15) is 32.0 Å². The summed E-state index contributed by atoms with van der Waals surface area (Å²) in [6.07, 6.45) is 0.113. The van der Waals surface area contributed by atoms with Gasteiger partial charge in [-0.05, 0) is 53.1 Å². The van der Waals surface area contributed by atoms with Crippen molar-refractivity contribution in [3.63, 3.8) is 0 Å². The van der Waals surface area contributed by atoms with E-state index in [1.165, 1.54) is 18.3 Å². The number of alkyl halides is 3. The Hall–Kier alpha value is -4.76. The lowest BCUT2D eigenvalue weighted by atomic mass is 10.0. The minimum Gasteiger partial charge on any atom is -0.406 e. The third kappa shape index (κ3) is 6.53. The maximum atomic E-state index is 13.8. The van der Waals surface area contributed by atoms with E-state index in [0.717, 1.165) is 28.8 Å². The molecular weight excluding hydrogens is 545 g/mol. The number of nitrogens with one attached hydrogen (secondary N) is 1. The molecule has 0 fully saturated rings. The maximum Gasteiger partial charge on any atom is 0.573 e. The van der Waals surface area contributed by atoms with E-state index in [0.29, 0.717) is 48.8 Å². The third-order valence-corrected chi connectivity index (χ3v) is 6.60. The Morgan fingerprint density at radius 2 is 1.98 bits per heavy atom. The first-order valence-corrected chi connectivity index (χ1v) is 12.5. The van der Waals surface area contributed by atoms with Crippen LogP contribution >= 0.6 is 0 Å². The molecule has 1 aliphatic rings. The predicted molar refractivity (Wildman–Crippen MR) is 140 cm³/mol. The fourth-order valence-corrected chi connectivity index (χ4v) is 4.89. The first kappa shape index (κ1) is 27.8. The van der Waals surface area contributed by atoms with E-state index in [1.807, 2.05) is 0 Å². The highest BCUT2D eigenvalue weighted by Crippen LogP contribution is 2.32. The van der Waals surface area contributed by atoms with Gasteiger partial charge in [-0.3, -0.25) is 9.47 Å². The summed E-state index contributed by atoms with van der Waals surface area (Å²) in [6.45, 7) is 1.52. The lowest BCUT2D eigenvalue weighted by Gasteiger charge is -2.27. The van der Waals surface area contributed by atoms with Crippen molar-refractivity contribution in [1.82, 2.24) is 19.8 Å². The molecule has 0 unspecified atom stereocenters. The molecule has 2 aromatic heterocycles. The van der Waals surface area contributed by atoms with Gasteiger partial charge in [-0.25, -0.2) is 14.2 Å². The number of carbonyl (C=O) groups is 1. The van der Waals surface area contributed by atoms with Crippen LogP contribution in [-0.2, 0) is 19.5 Å². The highest BCUT2D eigenvalue weighted by Gasteiger charge is 2.31. The monoisotopic (exact) mass is 567 g/mol. The fraction of sp³-hybridized carbons (Fsp3) is 0.207. The topological polar surface area (TPSA) is 83.2 Å². The summed E-state index contributed by atoms with van der Waals surface area (Å²) in [5, 5.41) is 13.0. The number of hydrogen-bond donors (Lipinski definition) is 1. The lowest BCUT2D eigenvalue weighted by Crippen LogP contribution is -2.34. The number of hydrogen-bond acceptors (Lipinski definition) is 5. The molecule has 1 N–H and O–H groups in total. The van der Waals surface area contributed by atoms with Crippen LogP contribution < -0.4 is 10.1 Å². The van der Waals surface area contributed by atoms with Gasteiger partial charge in [-0.1, -0.05) is 18.2 Å². The second kappa shape index (κ2) is 11.4. The van der Waals surface area contributed by atoms with Crippen LogP contribution in [0.3, 0.4) is 0 Å². The van der Waals surface area contributed by atoms with Crippen LogP contribution in [0.4, 0.5) is 26.7 Å². The van der Waals surface area contributed by atoms with Crippen molar-refractivity contribution in [3.8, 4) is 11.8 Å². The zero-order valence-corrected chi connectivity index (χ0v) is 21.4. The molecule has 4 aromatic rings. The molecule has 12 heteroatoms. The van der Waals surface area contributed by atoms with Gasteiger partial charge in [0.2, 0.25) is 5.95 Å². The highest BCUT2D eigenvalue weighted by molar-refractivity contribution is 5.96. The summed E-state index contributed by atoms with van der Waals surface area (Å²) >= 11 is 0. The van der Waals surface area contributed by atoms with Crippen LogP contribution in [0.25, 0.3) is 17.0 Å². The second-order valence-electron chi connectivity index (χ2n) is 9.41. The molecule has 0 aliphatic carbocycles. The fourth-order valence-electron chi connectivity index (χ4n) is 4.89. The van der Waals surface area contributed by atoms with Crippen molar-refractivity contribution in [2.75, 3.05) is 13.1 Å². The van der Waals surface area contributed by atoms with Crippen LogP contribution in [0, 0.1) is 23.1 Å². The molecule has 0 saturated heterocycles. The molecule has 7 nitrogen and oxygen atoms in total. The van der Waals surface area contributed by atoms with Gasteiger partial charge >= 0.3 is 12.4 Å². The minimum absolute atomic E-state index is 0.0807. The summed E-state index contributed by atoms with van der Waals surface area (Å²) in [5.74, 6) is -2.15. The standard InChI is InChI=1S/C29H22F5N5O2/c30-21-10-18(11-22(14-21)41-29(32,33)34)2-1-8-38-9-6-25-24(17-38)23-4-3-19(15-35)12-26(23)39(25)28(40)37-16-20-5-7-36-27(31)13-20/h1-5,7,10-14H,6,8-9,16-17H2,(H,37,40)/b2-1+. The number of nitrogens with zero attached hydrogens (tertiary/aromatic N) is 4. The summed E-state index contributed by atoms with van der Waals surface area (Å²) in [6, 6.07) is 12.5. The summed E-state index contributed by atoms with van der Waals surface area (Å²) in [4.78, 5) is 18.9. The Bertz CT molecular complexity index is 1690. The molecule has 2 aromatic carbocycles. The van der Waals surface area contributed by atoms with Crippen molar-refractivity contribution in [1.29, 1.82) is 5.26 Å². The Morgan fingerprint density at radius 1 is 1.15 bits per heavy atom. The number of benzene rings is 2. The van der Waals surface area contributed by atoms with Gasteiger partial charge in [0, 0.05) is 55.9 Å². The zero-order valence-electron chi connectivity index (χ0n) is 21.4. The molecule has 0 saturated carbocycles. The van der Waals surface area contributed by atoms with Gasteiger partial charge in [0.05, 0.1) is 17.1 Å². The summed E-state index contributed by atoms with van der Waals surface area (Å²) in [7, 11) is 0. The van der Waals surface area contributed by atoms with Crippen molar-refractivity contribution >= 4 is 23.0 Å². The number of nitriles is 1. The predicted octanol–water partition coefficient (Wildman–Crippen LogP) is 5.91. The van der Waals surface area contributed by atoms with Crippen molar-refractivity contribution in [3.05, 3.63) is 101 Å². The van der Waals surface area contributed by atoms with Crippen LogP contribution in [0.15, 0.2) is 60.8 Å². The molecule has 0 atom stereocenters. The molecule has 1 amide bonds. The summed E-state index contributed by atoms with van der Waals surface area (Å²) in [5.41, 5.74) is 3.41. The Balaban J connectivity index is 1.35. The third-order valence-electron chi connectivity index (χ3n) is 6.60. The van der Waals surface area contributed by atoms with E-state index in [-0.39, 0.29) is 12.1 Å². The zero-order chi connectivity index (χ0) is 29.1. The van der Waals surface area contributed by atoms with Crippen molar-refractivity contribution < 1.29 is 31.5 Å². The van der Waals surface area contributed by atoms with E-state index < -0.39 is 29.9 Å². The molecule has 5 rings (SSSR count). The lowest BCUT2D eigenvalue weighted by molar-refractivity contribution is -0.274. The number of amides is 1. The normalized spacial score (nSPS) is 13.8. The van der Waals surface area contributed by atoms with Crippen molar-refractivity contribution in [2.45, 2.75) is 25.9 Å². The molecule has 0 spiro atoms.